The van der Waals surface area contributed by atoms with Gasteiger partial charge in [-0.1, -0.05) is 79.8 Å². The molecule has 0 aromatic heterocycles. The van der Waals surface area contributed by atoms with Crippen LogP contribution in [0.1, 0.15) is 122 Å². The number of phenolic OH excluding ortho intramolecular Hbond substituents is 1. The van der Waals surface area contributed by atoms with Crippen LogP contribution in [-0.2, 0) is 45.0 Å². The molecule has 3 heterocycles. The standard InChI is InChI=1S/C53H59NO10/c1-3-16-53(62)42-14-15-46(58)39(23-42)18-32-8-7-9-33(17-32)21-44(57)25-41-22-36(38-19-34(30-55)20-43(24-38)54-29-31(2)56)12-13-37-28-48(59)64-51-45(37)26-40(27-47(53)63-52(41)61)50(60)49(51)35-10-5-4-6-11-35/h4-10,17,19-20,24-26,31,35-37,39,42,44,47,54-57,60,62H,3,11,14-16,18,21-23,27-30H2,1-2H3. The Kier molecular flexibility index (Phi) is 13.6. The highest BCUT2D eigenvalue weighted by Gasteiger charge is 2.49. The number of aromatic hydroxyl groups is 1. The third-order valence-corrected chi connectivity index (χ3v) is 13.7. The predicted molar refractivity (Wildman–Crippen MR) is 242 cm³/mol. The van der Waals surface area contributed by atoms with Crippen LogP contribution in [0.15, 0.2) is 84.5 Å². The summed E-state index contributed by atoms with van der Waals surface area (Å²) in [4.78, 5) is 42.3. The molecule has 5 aliphatic rings. The molecular formula is C53H59NO10. The lowest BCUT2D eigenvalue weighted by molar-refractivity contribution is -0.176. The maximum atomic E-state index is 15.1. The highest BCUT2D eigenvalue weighted by atomic mass is 16.6. The van der Waals surface area contributed by atoms with Crippen molar-refractivity contribution in [1.82, 2.24) is 0 Å². The zero-order valence-electron chi connectivity index (χ0n) is 36.6. The molecule has 1 saturated carbocycles. The van der Waals surface area contributed by atoms with E-state index in [1.807, 2.05) is 61.6 Å². The molecular weight excluding hydrogens is 811 g/mol. The van der Waals surface area contributed by atoms with Crippen LogP contribution in [0.25, 0.3) is 0 Å². The van der Waals surface area contributed by atoms with Crippen molar-refractivity contribution in [2.45, 2.75) is 133 Å². The number of anilines is 1. The first kappa shape index (κ1) is 45.1. The van der Waals surface area contributed by atoms with Crippen molar-refractivity contribution >= 4 is 23.4 Å². The summed E-state index contributed by atoms with van der Waals surface area (Å²) in [5, 5.41) is 61.3. The van der Waals surface area contributed by atoms with Crippen molar-refractivity contribution in [1.29, 1.82) is 0 Å². The van der Waals surface area contributed by atoms with Crippen LogP contribution in [0.3, 0.4) is 0 Å². The maximum Gasteiger partial charge on any atom is 0.334 e. The molecule has 0 saturated heterocycles. The van der Waals surface area contributed by atoms with Crippen LogP contribution in [0, 0.1) is 23.7 Å². The number of allylic oxidation sites excluding steroid dienone is 4. The molecule has 8 bridgehead atoms. The lowest BCUT2D eigenvalue weighted by Gasteiger charge is -2.45. The molecule has 336 valence electrons. The van der Waals surface area contributed by atoms with Gasteiger partial charge in [0.05, 0.1) is 31.2 Å². The number of nitrogens with one attached hydrogen (secondary N) is 1. The van der Waals surface area contributed by atoms with Crippen molar-refractivity contribution in [2.24, 2.45) is 11.8 Å². The smallest absolute Gasteiger partial charge is 0.334 e. The van der Waals surface area contributed by atoms with Gasteiger partial charge in [-0.05, 0) is 103 Å². The van der Waals surface area contributed by atoms with Crippen molar-refractivity contribution < 1.29 is 49.4 Å². The Hall–Kier alpha value is -5.51. The van der Waals surface area contributed by atoms with E-state index in [2.05, 4.69) is 17.2 Å². The third-order valence-electron chi connectivity index (χ3n) is 13.7. The Morgan fingerprint density at radius 1 is 0.969 bits per heavy atom. The topological polar surface area (TPSA) is 183 Å². The molecule has 9 atom stereocenters. The molecule has 0 amide bonds. The van der Waals surface area contributed by atoms with Gasteiger partial charge in [0.2, 0.25) is 0 Å². The van der Waals surface area contributed by atoms with Gasteiger partial charge in [-0.15, -0.1) is 0 Å². The Balaban J connectivity index is 1.37. The molecule has 11 nitrogen and oxygen atoms in total. The number of aliphatic hydroxyl groups excluding tert-OH is 3. The predicted octanol–water partition coefficient (Wildman–Crippen LogP) is 6.92. The van der Waals surface area contributed by atoms with E-state index >= 15 is 4.79 Å². The highest BCUT2D eigenvalue weighted by molar-refractivity contribution is 5.89. The van der Waals surface area contributed by atoms with E-state index < -0.39 is 53.6 Å². The molecule has 6 N–H and O–H groups in total. The largest absolute Gasteiger partial charge is 0.507 e. The second-order valence-electron chi connectivity index (χ2n) is 18.5. The summed E-state index contributed by atoms with van der Waals surface area (Å²) in [6.07, 6.45) is 8.91. The molecule has 0 radical (unpaired) electrons. The molecule has 3 aliphatic heterocycles. The SMILES string of the molecule is CCCC1(O)C2CCC(=O)C(Cc3cccc(c3)CC(O)C=C3CC(c4cc(CO)cc(NCC(C)O)c4)C#CC4CC(=O)Oc5c4cc(c(O)c5C4C=CC=CC4)CC1OC3=O)C2. The summed E-state index contributed by atoms with van der Waals surface area (Å²) in [7, 11) is 0. The zero-order chi connectivity index (χ0) is 45.1. The van der Waals surface area contributed by atoms with Gasteiger partial charge < -0.3 is 40.3 Å². The number of ether oxygens (including phenoxy) is 2. The number of Topliss-reactive ketones (excluding diaryl/α,β-unsaturated/α-hetero) is 1. The molecule has 3 aromatic rings. The van der Waals surface area contributed by atoms with Crippen LogP contribution in [0.5, 0.6) is 11.5 Å². The van der Waals surface area contributed by atoms with E-state index in [9.17, 15) is 35.1 Å². The monoisotopic (exact) mass is 869 g/mol. The molecule has 2 aliphatic carbocycles. The van der Waals surface area contributed by atoms with Gasteiger partial charge in [-0.2, -0.15) is 0 Å². The summed E-state index contributed by atoms with van der Waals surface area (Å²) >= 11 is 0. The van der Waals surface area contributed by atoms with Gasteiger partial charge in [-0.3, -0.25) is 9.59 Å². The summed E-state index contributed by atoms with van der Waals surface area (Å²) in [5.74, 6) is 3.14. The Labute approximate surface area is 374 Å². The fraction of sp³-hybridized carbons (Fsp3) is 0.453. The number of benzene rings is 3. The Bertz CT molecular complexity index is 2440. The van der Waals surface area contributed by atoms with Gasteiger partial charge >= 0.3 is 11.9 Å². The van der Waals surface area contributed by atoms with Crippen LogP contribution < -0.4 is 10.1 Å². The normalized spacial score (nSPS) is 28.4. The highest BCUT2D eigenvalue weighted by Crippen LogP contribution is 2.50. The van der Waals surface area contributed by atoms with Gasteiger partial charge in [0.1, 0.15) is 29.0 Å². The van der Waals surface area contributed by atoms with Crippen LogP contribution in [0.4, 0.5) is 5.69 Å². The Morgan fingerprint density at radius 3 is 2.52 bits per heavy atom. The number of carbonyl (C=O) groups excluding carboxylic acids is 3. The van der Waals surface area contributed by atoms with Crippen LogP contribution in [0.2, 0.25) is 0 Å². The fourth-order valence-corrected chi connectivity index (χ4v) is 10.5. The van der Waals surface area contributed by atoms with E-state index in [4.69, 9.17) is 9.47 Å². The van der Waals surface area contributed by atoms with Crippen LogP contribution >= 0.6 is 0 Å². The summed E-state index contributed by atoms with van der Waals surface area (Å²) in [6, 6.07) is 15.0. The number of phenols is 1. The van der Waals surface area contributed by atoms with Crippen molar-refractivity contribution in [3.05, 3.63) is 123 Å². The van der Waals surface area contributed by atoms with Crippen molar-refractivity contribution in [3.63, 3.8) is 0 Å². The van der Waals surface area contributed by atoms with E-state index in [1.165, 1.54) is 6.08 Å². The van der Waals surface area contributed by atoms with Gasteiger partial charge in [0.25, 0.3) is 0 Å². The number of ketones is 1. The van der Waals surface area contributed by atoms with Gasteiger partial charge in [0.15, 0.2) is 0 Å². The fourth-order valence-electron chi connectivity index (χ4n) is 10.5. The number of esters is 2. The molecule has 11 heteroatoms. The van der Waals surface area contributed by atoms with Crippen LogP contribution in [-0.4, -0.2) is 73.7 Å². The minimum Gasteiger partial charge on any atom is -0.507 e. The van der Waals surface area contributed by atoms with E-state index in [0.29, 0.717) is 65.6 Å². The Morgan fingerprint density at radius 2 is 1.77 bits per heavy atom. The molecule has 64 heavy (non-hydrogen) atoms. The molecule has 1 fully saturated rings. The number of carbonyl (C=O) groups is 3. The lowest BCUT2D eigenvalue weighted by atomic mass is 9.66. The van der Waals surface area contributed by atoms with E-state index in [-0.39, 0.29) is 86.4 Å². The minimum absolute atomic E-state index is 0.0517. The van der Waals surface area contributed by atoms with Crippen molar-refractivity contribution in [2.75, 3.05) is 11.9 Å². The minimum atomic E-state index is -1.65. The zero-order valence-corrected chi connectivity index (χ0v) is 36.6. The number of rotatable bonds is 8. The van der Waals surface area contributed by atoms with E-state index in [1.54, 1.807) is 25.1 Å². The van der Waals surface area contributed by atoms with E-state index in [0.717, 1.165) is 11.1 Å². The average Bonchev–Trinajstić information content (AvgIpc) is 3.28. The number of hydrogen-bond acceptors (Lipinski definition) is 11. The van der Waals surface area contributed by atoms with Crippen molar-refractivity contribution in [3.8, 4) is 23.3 Å². The maximum absolute atomic E-state index is 15.1. The van der Waals surface area contributed by atoms with Gasteiger partial charge in [0, 0.05) is 65.9 Å². The average molecular weight is 870 g/mol. The number of aliphatic hydroxyl groups is 4. The van der Waals surface area contributed by atoms with Gasteiger partial charge in [-0.25, -0.2) is 4.79 Å². The quantitative estimate of drug-likeness (QED) is 0.0786. The molecule has 8 rings (SSSR count). The molecule has 3 aromatic carbocycles. The summed E-state index contributed by atoms with van der Waals surface area (Å²) in [6.45, 7) is 3.55. The summed E-state index contributed by atoms with van der Waals surface area (Å²) in [5.41, 5.74) is 3.47. The lowest BCUT2D eigenvalue weighted by Crippen LogP contribution is -2.54. The number of fused-ring (bicyclic) bond motifs is 8. The second-order valence-corrected chi connectivity index (χ2v) is 18.5. The second kappa shape index (κ2) is 19.3. The first-order valence-corrected chi connectivity index (χ1v) is 22.8. The number of hydrogen-bond donors (Lipinski definition) is 6. The first-order valence-electron chi connectivity index (χ1n) is 22.8. The first-order chi connectivity index (χ1) is 30.8. The third kappa shape index (κ3) is 9.76. The molecule has 9 unspecified atom stereocenters. The molecule has 0 spiro atoms. The summed E-state index contributed by atoms with van der Waals surface area (Å²) < 4.78 is 12.7.